The van der Waals surface area contributed by atoms with E-state index in [0.717, 1.165) is 18.2 Å². The molecule has 0 saturated carbocycles. The zero-order chi connectivity index (χ0) is 49.0. The third kappa shape index (κ3) is 11.5. The van der Waals surface area contributed by atoms with Crippen LogP contribution in [0.3, 0.4) is 0 Å². The van der Waals surface area contributed by atoms with E-state index in [1.54, 1.807) is 0 Å². The van der Waals surface area contributed by atoms with E-state index < -0.39 is 141 Å². The topological polar surface area (TPSA) is 378 Å². The molecule has 0 aromatic heterocycles. The Bertz CT molecular complexity index is 2440. The summed E-state index contributed by atoms with van der Waals surface area (Å²) in [5.41, 5.74) is -0.148. The van der Waals surface area contributed by atoms with Gasteiger partial charge in [0.2, 0.25) is 12.6 Å². The largest absolute Gasteiger partial charge is 0.508 e. The Labute approximate surface area is 382 Å². The first kappa shape index (κ1) is 49.6. The first-order valence-electron chi connectivity index (χ1n) is 20.6. The Morgan fingerprint density at radius 3 is 1.94 bits per heavy atom. The smallest absolute Gasteiger partial charge is 0.330 e. The van der Waals surface area contributed by atoms with Gasteiger partial charge in [-0.2, -0.15) is 0 Å². The van der Waals surface area contributed by atoms with Gasteiger partial charge in [-0.25, -0.2) is 4.79 Å². The third-order valence-electron chi connectivity index (χ3n) is 10.9. The summed E-state index contributed by atoms with van der Waals surface area (Å²) in [6.07, 6.45) is -24.3. The van der Waals surface area contributed by atoms with Crippen molar-refractivity contribution < 1.29 is 113 Å². The molecule has 14 atom stereocenters. The second-order valence-corrected chi connectivity index (χ2v) is 15.8. The van der Waals surface area contributed by atoms with Crippen LogP contribution in [-0.4, -0.2) is 180 Å². The Balaban J connectivity index is 1.23. The number of carboxylic acids is 1. The Morgan fingerprint density at radius 2 is 1.26 bits per heavy atom. The Kier molecular flexibility index (Phi) is 15.6. The summed E-state index contributed by atoms with van der Waals surface area (Å²) in [5, 5.41) is 115. The molecule has 4 aliphatic heterocycles. The minimum Gasteiger partial charge on any atom is -0.508 e. The first-order chi connectivity index (χ1) is 32.4. The maximum atomic E-state index is 13.1. The summed E-state index contributed by atoms with van der Waals surface area (Å²) in [7, 11) is 0. The van der Waals surface area contributed by atoms with Gasteiger partial charge in [-0.05, 0) is 54.1 Å². The SMILES string of the molecule is O=C(O)CC(=O)OCC1OC(Oc2cc(=O)cc3oc(-c4ccc(O)cc4)c(OC4OC(COC(=O)C=Cc5ccc(O)cc5)C(O)C(O)C4OC4OCC(O)C(O)C4O)cc2-3)C(O)C(O)C1O. The van der Waals surface area contributed by atoms with Gasteiger partial charge in [0, 0.05) is 23.8 Å². The van der Waals surface area contributed by atoms with Crippen molar-refractivity contribution in [2.24, 2.45) is 0 Å². The van der Waals surface area contributed by atoms with Gasteiger partial charge >= 0.3 is 17.9 Å². The number of hydrogen-bond donors (Lipinski definition) is 11. The molecular formula is C44H46O24. The Hall–Kier alpha value is -6.26. The van der Waals surface area contributed by atoms with Crippen LogP contribution < -0.4 is 14.9 Å². The summed E-state index contributed by atoms with van der Waals surface area (Å²) in [6, 6.07) is 14.3. The molecule has 0 amide bonds. The molecular weight excluding hydrogens is 912 g/mol. The van der Waals surface area contributed by atoms with Crippen LogP contribution in [0.4, 0.5) is 0 Å². The van der Waals surface area contributed by atoms with Gasteiger partial charge in [0.05, 0.1) is 12.2 Å². The summed E-state index contributed by atoms with van der Waals surface area (Å²) < 4.78 is 51.5. The number of carbonyl (C=O) groups is 3. The molecule has 11 N–H and O–H groups in total. The second kappa shape index (κ2) is 21.4. The van der Waals surface area contributed by atoms with Gasteiger partial charge < -0.3 is 98.5 Å². The molecule has 0 spiro atoms. The number of esters is 2. The number of hydrogen-bond acceptors (Lipinski definition) is 23. The molecule has 68 heavy (non-hydrogen) atoms. The van der Waals surface area contributed by atoms with Crippen molar-refractivity contribution in [1.82, 2.24) is 0 Å². The van der Waals surface area contributed by atoms with Crippen LogP contribution in [0.15, 0.2) is 82.0 Å². The van der Waals surface area contributed by atoms with Crippen molar-refractivity contribution >= 4 is 24.0 Å². The number of carbonyl (C=O) groups excluding carboxylic acids is 2. The molecule has 7 rings (SSSR count). The molecule has 5 aliphatic rings. The highest BCUT2D eigenvalue weighted by Crippen LogP contribution is 2.43. The number of ether oxygens (including phenoxy) is 8. The number of phenolic OH excluding ortho intramolecular Hbond substituents is 2. The molecule has 366 valence electrons. The maximum Gasteiger partial charge on any atom is 0.330 e. The van der Waals surface area contributed by atoms with Crippen LogP contribution in [-0.2, 0) is 42.8 Å². The van der Waals surface area contributed by atoms with E-state index in [9.17, 15) is 70.2 Å². The van der Waals surface area contributed by atoms with E-state index in [4.69, 9.17) is 47.4 Å². The first-order valence-corrected chi connectivity index (χ1v) is 20.6. The average Bonchev–Trinajstić information content (AvgIpc) is 3.30. The van der Waals surface area contributed by atoms with Crippen molar-refractivity contribution in [3.63, 3.8) is 0 Å². The fourth-order valence-corrected chi connectivity index (χ4v) is 7.21. The number of rotatable bonds is 15. The van der Waals surface area contributed by atoms with Gasteiger partial charge in [0.15, 0.2) is 29.3 Å². The van der Waals surface area contributed by atoms with Crippen LogP contribution in [0.25, 0.3) is 28.7 Å². The Morgan fingerprint density at radius 1 is 0.662 bits per heavy atom. The van der Waals surface area contributed by atoms with E-state index in [0.29, 0.717) is 5.56 Å². The lowest BCUT2D eigenvalue weighted by Gasteiger charge is -2.44. The lowest BCUT2D eigenvalue weighted by atomic mass is 9.98. The van der Waals surface area contributed by atoms with E-state index >= 15 is 0 Å². The molecule has 24 nitrogen and oxygen atoms in total. The summed E-state index contributed by atoms with van der Waals surface area (Å²) >= 11 is 0. The molecule has 0 bridgehead atoms. The van der Waals surface area contributed by atoms with Crippen molar-refractivity contribution in [3.8, 4) is 45.6 Å². The van der Waals surface area contributed by atoms with Crippen molar-refractivity contribution in [3.05, 3.63) is 88.6 Å². The highest BCUT2D eigenvalue weighted by molar-refractivity contribution is 5.90. The quantitative estimate of drug-likeness (QED) is 0.0346. The lowest BCUT2D eigenvalue weighted by molar-refractivity contribution is -0.345. The normalized spacial score (nSPS) is 30.7. The summed E-state index contributed by atoms with van der Waals surface area (Å²) in [4.78, 5) is 48.7. The fraction of sp³-hybridized carbons (Fsp3) is 0.409. The van der Waals surface area contributed by atoms with Crippen molar-refractivity contribution in [2.75, 3.05) is 19.8 Å². The molecule has 24 heteroatoms. The average molecular weight is 959 g/mol. The number of benzene rings is 3. The number of aliphatic hydroxyl groups is 8. The molecule has 2 aromatic rings. The molecule has 4 heterocycles. The summed E-state index contributed by atoms with van der Waals surface area (Å²) in [5.74, 6) is -4.95. The number of aliphatic carboxylic acids is 1. The zero-order valence-corrected chi connectivity index (χ0v) is 35.1. The minimum atomic E-state index is -2.02. The van der Waals surface area contributed by atoms with Crippen molar-refractivity contribution in [1.29, 1.82) is 0 Å². The highest BCUT2D eigenvalue weighted by atomic mass is 16.8. The maximum absolute atomic E-state index is 13.1. The lowest BCUT2D eigenvalue weighted by Crippen LogP contribution is -2.64. The molecule has 0 radical (unpaired) electrons. The molecule has 3 saturated heterocycles. The van der Waals surface area contributed by atoms with Gasteiger partial charge in [-0.15, -0.1) is 0 Å². The van der Waals surface area contributed by atoms with Crippen LogP contribution in [0.5, 0.6) is 23.0 Å². The van der Waals surface area contributed by atoms with Gasteiger partial charge in [0.1, 0.15) is 104 Å². The number of fused-ring (bicyclic) bond motifs is 1. The molecule has 3 fully saturated rings. The second-order valence-electron chi connectivity index (χ2n) is 15.8. The molecule has 2 aromatic carbocycles. The van der Waals surface area contributed by atoms with Crippen LogP contribution in [0.1, 0.15) is 12.0 Å². The number of carboxylic acid groups (broad SMARTS) is 1. The molecule has 1 aliphatic carbocycles. The van der Waals surface area contributed by atoms with Crippen molar-refractivity contribution in [2.45, 2.75) is 92.4 Å². The zero-order valence-electron chi connectivity index (χ0n) is 35.1. The van der Waals surface area contributed by atoms with Crippen LogP contribution in [0.2, 0.25) is 0 Å². The third-order valence-corrected chi connectivity index (χ3v) is 10.9. The van der Waals surface area contributed by atoms with E-state index in [-0.39, 0.29) is 39.9 Å². The van der Waals surface area contributed by atoms with Gasteiger partial charge in [-0.3, -0.25) is 14.4 Å². The van der Waals surface area contributed by atoms with Crippen LogP contribution >= 0.6 is 0 Å². The van der Waals surface area contributed by atoms with Gasteiger partial charge in [0.25, 0.3) is 0 Å². The fourth-order valence-electron chi connectivity index (χ4n) is 7.21. The van der Waals surface area contributed by atoms with Gasteiger partial charge in [-0.1, -0.05) is 12.1 Å². The highest BCUT2D eigenvalue weighted by Gasteiger charge is 2.51. The number of phenols is 2. The minimum absolute atomic E-state index is 0.00745. The van der Waals surface area contributed by atoms with Crippen LogP contribution in [0, 0.1) is 0 Å². The van der Waals surface area contributed by atoms with E-state index in [1.165, 1.54) is 60.7 Å². The molecule has 14 unspecified atom stereocenters. The number of aliphatic hydroxyl groups excluding tert-OH is 8. The monoisotopic (exact) mass is 958 g/mol. The standard InChI is InChI=1S/C44H46O24/c45-20-6-1-18(2-7-20)3-10-31(51)60-16-29-35(55)37(57)41(68-42-38(58)33(53)24(48)15-62-42)44(67-29)65-27-13-23-25(63-40(27)19-4-8-21(46)9-5-19)11-22(47)12-26(23)64-43-39(59)36(56)34(54)28(66-43)17-61-32(52)14-30(49)50/h1-13,24,28-29,33-39,41-46,48,53-59H,14-17H2,(H,49,50). The number of aromatic hydroxyl groups is 2. The summed E-state index contributed by atoms with van der Waals surface area (Å²) in [6.45, 7) is -2.05. The predicted molar refractivity (Wildman–Crippen MR) is 221 cm³/mol. The van der Waals surface area contributed by atoms with E-state index in [2.05, 4.69) is 0 Å². The van der Waals surface area contributed by atoms with E-state index in [1.807, 2.05) is 0 Å². The predicted octanol–water partition coefficient (Wildman–Crippen LogP) is -2.07.